The molecule has 5 heteroatoms. The van der Waals surface area contributed by atoms with Gasteiger partial charge in [-0.05, 0) is 38.6 Å². The maximum absolute atomic E-state index is 6.00. The summed E-state index contributed by atoms with van der Waals surface area (Å²) in [4.78, 5) is 0. The van der Waals surface area contributed by atoms with Crippen LogP contribution in [0.2, 0.25) is 5.02 Å². The molecular formula is C12H14ClN3S. The van der Waals surface area contributed by atoms with Gasteiger partial charge < -0.3 is 5.32 Å². The summed E-state index contributed by atoms with van der Waals surface area (Å²) < 4.78 is 0. The first-order chi connectivity index (χ1) is 8.11. The first-order valence-electron chi connectivity index (χ1n) is 5.39. The largest absolute Gasteiger partial charge is 0.311 e. The van der Waals surface area contributed by atoms with Crippen LogP contribution in [0.4, 0.5) is 0 Å². The van der Waals surface area contributed by atoms with Gasteiger partial charge in [0.15, 0.2) is 0 Å². The van der Waals surface area contributed by atoms with Crippen molar-refractivity contribution in [2.45, 2.75) is 19.9 Å². The summed E-state index contributed by atoms with van der Waals surface area (Å²) in [5.74, 6) is 0. The molecular weight excluding hydrogens is 254 g/mol. The highest BCUT2D eigenvalue weighted by Crippen LogP contribution is 2.29. The number of benzene rings is 1. The van der Waals surface area contributed by atoms with E-state index in [1.165, 1.54) is 0 Å². The number of aryl methyl sites for hydroxylation is 1. The molecule has 0 aliphatic rings. The Morgan fingerprint density at radius 2 is 2.12 bits per heavy atom. The number of halogens is 1. The molecule has 1 aromatic heterocycles. The quantitative estimate of drug-likeness (QED) is 0.926. The molecule has 1 unspecified atom stereocenters. The summed E-state index contributed by atoms with van der Waals surface area (Å²) in [5.41, 5.74) is 2.13. The van der Waals surface area contributed by atoms with E-state index in [4.69, 9.17) is 11.6 Å². The molecule has 0 aliphatic carbocycles. The van der Waals surface area contributed by atoms with Crippen LogP contribution in [-0.4, -0.2) is 17.2 Å². The summed E-state index contributed by atoms with van der Waals surface area (Å²) in [6, 6.07) is 6.14. The highest BCUT2D eigenvalue weighted by Gasteiger charge is 2.11. The second kappa shape index (κ2) is 5.12. The maximum Gasteiger partial charge on any atom is 0.147 e. The van der Waals surface area contributed by atoms with Gasteiger partial charge in [-0.15, -0.1) is 10.2 Å². The van der Waals surface area contributed by atoms with E-state index < -0.39 is 0 Å². The monoisotopic (exact) mass is 267 g/mol. The third kappa shape index (κ3) is 2.65. The van der Waals surface area contributed by atoms with Gasteiger partial charge in [0.25, 0.3) is 0 Å². The summed E-state index contributed by atoms with van der Waals surface area (Å²) >= 11 is 7.61. The fourth-order valence-corrected chi connectivity index (χ4v) is 2.45. The highest BCUT2D eigenvalue weighted by atomic mass is 35.5. The molecule has 1 N–H and O–H groups in total. The van der Waals surface area contributed by atoms with Crippen LogP contribution in [-0.2, 0) is 0 Å². The number of rotatable bonds is 3. The van der Waals surface area contributed by atoms with E-state index in [-0.39, 0.29) is 6.04 Å². The van der Waals surface area contributed by atoms with Crippen LogP contribution in [0.5, 0.6) is 0 Å². The summed E-state index contributed by atoms with van der Waals surface area (Å²) in [6.45, 7) is 4.06. The van der Waals surface area contributed by atoms with Gasteiger partial charge in [-0.1, -0.05) is 29.0 Å². The van der Waals surface area contributed by atoms with Crippen molar-refractivity contribution in [2.75, 3.05) is 7.05 Å². The zero-order valence-corrected chi connectivity index (χ0v) is 11.6. The Kier molecular flexibility index (Phi) is 3.76. The third-order valence-electron chi connectivity index (χ3n) is 2.65. The van der Waals surface area contributed by atoms with Gasteiger partial charge in [-0.2, -0.15) is 0 Å². The van der Waals surface area contributed by atoms with E-state index in [1.54, 1.807) is 11.3 Å². The molecule has 0 fully saturated rings. The summed E-state index contributed by atoms with van der Waals surface area (Å²) in [5, 5.41) is 14.3. The number of hydrogen-bond acceptors (Lipinski definition) is 4. The number of nitrogens with one attached hydrogen (secondary N) is 1. The van der Waals surface area contributed by atoms with Crippen LogP contribution >= 0.6 is 22.9 Å². The Bertz CT molecular complexity index is 524. The van der Waals surface area contributed by atoms with Crippen molar-refractivity contribution in [2.24, 2.45) is 0 Å². The van der Waals surface area contributed by atoms with Gasteiger partial charge in [0.1, 0.15) is 10.0 Å². The Morgan fingerprint density at radius 1 is 1.35 bits per heavy atom. The molecule has 2 rings (SSSR count). The fraction of sp³-hybridized carbons (Fsp3) is 0.333. The number of nitrogens with zero attached hydrogens (tertiary/aromatic N) is 2. The Hall–Kier alpha value is -0.970. The number of hydrogen-bond donors (Lipinski definition) is 1. The second-order valence-electron chi connectivity index (χ2n) is 3.92. The molecule has 0 amide bonds. The molecule has 1 heterocycles. The molecule has 3 nitrogen and oxygen atoms in total. The molecule has 1 atom stereocenters. The molecule has 0 saturated carbocycles. The molecule has 17 heavy (non-hydrogen) atoms. The zero-order chi connectivity index (χ0) is 12.4. The lowest BCUT2D eigenvalue weighted by Gasteiger charge is -2.03. The van der Waals surface area contributed by atoms with E-state index in [2.05, 4.69) is 22.4 Å². The predicted molar refractivity (Wildman–Crippen MR) is 72.6 cm³/mol. The van der Waals surface area contributed by atoms with Crippen LogP contribution in [0.1, 0.15) is 23.5 Å². The highest BCUT2D eigenvalue weighted by molar-refractivity contribution is 7.14. The smallest absolute Gasteiger partial charge is 0.147 e. The van der Waals surface area contributed by atoms with Crippen molar-refractivity contribution in [3.63, 3.8) is 0 Å². The molecule has 0 aliphatic heterocycles. The first kappa shape index (κ1) is 12.5. The van der Waals surface area contributed by atoms with Crippen LogP contribution in [0, 0.1) is 6.92 Å². The molecule has 0 spiro atoms. The van der Waals surface area contributed by atoms with E-state index in [0.29, 0.717) is 0 Å². The van der Waals surface area contributed by atoms with Crippen molar-refractivity contribution in [3.8, 4) is 10.6 Å². The topological polar surface area (TPSA) is 37.8 Å². The summed E-state index contributed by atoms with van der Waals surface area (Å²) in [7, 11) is 1.91. The standard InChI is InChI=1S/C12H14ClN3S/c1-7-6-9(4-5-10(7)13)12-16-15-11(17-12)8(2)14-3/h4-6,8,14H,1-3H3. The van der Waals surface area contributed by atoms with Gasteiger partial charge in [-0.25, -0.2) is 0 Å². The van der Waals surface area contributed by atoms with Crippen LogP contribution in [0.15, 0.2) is 18.2 Å². The Balaban J connectivity index is 2.33. The molecule has 0 bridgehead atoms. The maximum atomic E-state index is 6.00. The molecule has 0 radical (unpaired) electrons. The van der Waals surface area contributed by atoms with Gasteiger partial charge in [0.05, 0.1) is 6.04 Å². The Morgan fingerprint density at radius 3 is 2.76 bits per heavy atom. The Labute approximate surface area is 110 Å². The molecule has 1 aromatic carbocycles. The van der Waals surface area contributed by atoms with Gasteiger partial charge in [0.2, 0.25) is 0 Å². The van der Waals surface area contributed by atoms with Crippen molar-refractivity contribution in [1.29, 1.82) is 0 Å². The van der Waals surface area contributed by atoms with Gasteiger partial charge in [-0.3, -0.25) is 0 Å². The van der Waals surface area contributed by atoms with Crippen LogP contribution in [0.3, 0.4) is 0 Å². The second-order valence-corrected chi connectivity index (χ2v) is 5.34. The number of aromatic nitrogens is 2. The minimum Gasteiger partial charge on any atom is -0.311 e. The van der Waals surface area contributed by atoms with Crippen molar-refractivity contribution < 1.29 is 0 Å². The first-order valence-corrected chi connectivity index (χ1v) is 6.58. The lowest BCUT2D eigenvalue weighted by Crippen LogP contribution is -2.11. The normalized spacial score (nSPS) is 12.7. The van der Waals surface area contributed by atoms with E-state index in [1.807, 2.05) is 32.2 Å². The minimum atomic E-state index is 0.231. The van der Waals surface area contributed by atoms with Gasteiger partial charge >= 0.3 is 0 Å². The predicted octanol–water partition coefficient (Wildman–Crippen LogP) is 3.45. The van der Waals surface area contributed by atoms with Gasteiger partial charge in [0, 0.05) is 10.6 Å². The van der Waals surface area contributed by atoms with Crippen molar-refractivity contribution >= 4 is 22.9 Å². The van der Waals surface area contributed by atoms with E-state index in [9.17, 15) is 0 Å². The van der Waals surface area contributed by atoms with Crippen molar-refractivity contribution in [1.82, 2.24) is 15.5 Å². The van der Waals surface area contributed by atoms with E-state index >= 15 is 0 Å². The molecule has 0 saturated heterocycles. The minimum absolute atomic E-state index is 0.231. The fourth-order valence-electron chi connectivity index (χ4n) is 1.43. The summed E-state index contributed by atoms with van der Waals surface area (Å²) in [6.07, 6.45) is 0. The zero-order valence-electron chi connectivity index (χ0n) is 9.99. The third-order valence-corrected chi connectivity index (χ3v) is 4.23. The van der Waals surface area contributed by atoms with Crippen LogP contribution in [0.25, 0.3) is 10.6 Å². The average Bonchev–Trinajstić information content (AvgIpc) is 2.81. The SMILES string of the molecule is CNC(C)c1nnc(-c2ccc(Cl)c(C)c2)s1. The molecule has 90 valence electrons. The molecule has 2 aromatic rings. The van der Waals surface area contributed by atoms with E-state index in [0.717, 1.165) is 26.2 Å². The lowest BCUT2D eigenvalue weighted by molar-refractivity contribution is 0.640. The average molecular weight is 268 g/mol. The van der Waals surface area contributed by atoms with Crippen LogP contribution < -0.4 is 5.32 Å². The lowest BCUT2D eigenvalue weighted by atomic mass is 10.1. The van der Waals surface area contributed by atoms with Crippen molar-refractivity contribution in [3.05, 3.63) is 33.8 Å².